The molecular formula is C19H26OS. The molecule has 1 fully saturated rings. The molecule has 0 radical (unpaired) electrons. The van der Waals surface area contributed by atoms with E-state index in [4.69, 9.17) is 0 Å². The van der Waals surface area contributed by atoms with Crippen molar-refractivity contribution in [1.82, 2.24) is 0 Å². The number of aromatic hydroxyl groups is 1. The molecule has 1 aromatic carbocycles. The molecule has 0 spiro atoms. The SMILES string of the molecule is CCCCc1c(C2CCCCCC2)sc2cc(O)ccc12. The van der Waals surface area contributed by atoms with Crippen molar-refractivity contribution < 1.29 is 5.11 Å². The Bertz CT molecular complexity index is 591. The first-order valence-electron chi connectivity index (χ1n) is 8.54. The van der Waals surface area contributed by atoms with E-state index in [0.29, 0.717) is 5.75 Å². The van der Waals surface area contributed by atoms with Crippen LogP contribution in [0.4, 0.5) is 0 Å². The van der Waals surface area contributed by atoms with Crippen LogP contribution in [0, 0.1) is 0 Å². The summed E-state index contributed by atoms with van der Waals surface area (Å²) < 4.78 is 1.28. The summed E-state index contributed by atoms with van der Waals surface area (Å²) in [6, 6.07) is 5.93. The zero-order valence-corrected chi connectivity index (χ0v) is 13.8. The van der Waals surface area contributed by atoms with E-state index in [2.05, 4.69) is 13.0 Å². The fourth-order valence-electron chi connectivity index (χ4n) is 3.64. The Kier molecular flexibility index (Phi) is 4.84. The fourth-order valence-corrected chi connectivity index (χ4v) is 5.10. The molecule has 0 aliphatic heterocycles. The second-order valence-corrected chi connectivity index (χ2v) is 7.50. The van der Waals surface area contributed by atoms with Gasteiger partial charge in [0.05, 0.1) is 0 Å². The van der Waals surface area contributed by atoms with Crippen molar-refractivity contribution in [2.75, 3.05) is 0 Å². The number of unbranched alkanes of at least 4 members (excludes halogenated alkanes) is 1. The van der Waals surface area contributed by atoms with Gasteiger partial charge < -0.3 is 5.11 Å². The average molecular weight is 302 g/mol. The molecule has 1 heterocycles. The molecule has 0 atom stereocenters. The highest BCUT2D eigenvalue weighted by atomic mass is 32.1. The van der Waals surface area contributed by atoms with Gasteiger partial charge in [-0.25, -0.2) is 0 Å². The number of benzene rings is 1. The van der Waals surface area contributed by atoms with Gasteiger partial charge in [-0.2, -0.15) is 0 Å². The lowest BCUT2D eigenvalue weighted by molar-refractivity contribution is 0.476. The van der Waals surface area contributed by atoms with Crippen molar-refractivity contribution in [1.29, 1.82) is 0 Å². The molecule has 1 aliphatic carbocycles. The molecule has 1 N–H and O–H groups in total. The topological polar surface area (TPSA) is 20.2 Å². The third kappa shape index (κ3) is 3.26. The Morgan fingerprint density at radius 3 is 2.62 bits per heavy atom. The van der Waals surface area contributed by atoms with Crippen LogP contribution in [0.3, 0.4) is 0 Å². The number of aryl methyl sites for hydroxylation is 1. The van der Waals surface area contributed by atoms with Gasteiger partial charge in [-0.1, -0.05) is 39.0 Å². The predicted octanol–water partition coefficient (Wildman–Crippen LogP) is 6.39. The first-order valence-corrected chi connectivity index (χ1v) is 9.35. The molecule has 114 valence electrons. The minimum Gasteiger partial charge on any atom is -0.508 e. The predicted molar refractivity (Wildman–Crippen MR) is 92.5 cm³/mol. The Labute approximate surface area is 132 Å². The highest BCUT2D eigenvalue weighted by Crippen LogP contribution is 2.43. The van der Waals surface area contributed by atoms with Gasteiger partial charge >= 0.3 is 0 Å². The van der Waals surface area contributed by atoms with Gasteiger partial charge in [0.1, 0.15) is 5.75 Å². The lowest BCUT2D eigenvalue weighted by Crippen LogP contribution is -1.99. The summed E-state index contributed by atoms with van der Waals surface area (Å²) in [7, 11) is 0. The maximum absolute atomic E-state index is 9.77. The Hall–Kier alpha value is -1.02. The van der Waals surface area contributed by atoms with Gasteiger partial charge in [-0.15, -0.1) is 11.3 Å². The molecule has 1 nitrogen and oxygen atoms in total. The van der Waals surface area contributed by atoms with E-state index in [0.717, 1.165) is 5.92 Å². The van der Waals surface area contributed by atoms with E-state index in [-0.39, 0.29) is 0 Å². The van der Waals surface area contributed by atoms with E-state index < -0.39 is 0 Å². The van der Waals surface area contributed by atoms with Crippen LogP contribution in [0.15, 0.2) is 18.2 Å². The number of fused-ring (bicyclic) bond motifs is 1. The van der Waals surface area contributed by atoms with Crippen LogP contribution in [0.1, 0.15) is 74.6 Å². The summed E-state index contributed by atoms with van der Waals surface area (Å²) in [6.45, 7) is 2.27. The molecular weight excluding hydrogens is 276 g/mol. The van der Waals surface area contributed by atoms with Crippen molar-refractivity contribution in [3.63, 3.8) is 0 Å². The zero-order valence-electron chi connectivity index (χ0n) is 13.0. The van der Waals surface area contributed by atoms with Gasteiger partial charge in [0.2, 0.25) is 0 Å². The third-order valence-corrected chi connectivity index (χ3v) is 6.17. The van der Waals surface area contributed by atoms with Crippen LogP contribution in [-0.4, -0.2) is 5.11 Å². The molecule has 0 unspecified atom stereocenters. The lowest BCUT2D eigenvalue weighted by atomic mass is 9.92. The standard InChI is InChI=1S/C19H26OS/c1-2-3-10-17-16-12-11-15(20)13-18(16)21-19(17)14-8-6-4-5-7-9-14/h11-14,20H,2-10H2,1H3. The maximum Gasteiger partial charge on any atom is 0.117 e. The van der Waals surface area contributed by atoms with Crippen molar-refractivity contribution in [3.8, 4) is 5.75 Å². The minimum atomic E-state index is 0.401. The minimum absolute atomic E-state index is 0.401. The van der Waals surface area contributed by atoms with Gasteiger partial charge in [0, 0.05) is 9.58 Å². The summed E-state index contributed by atoms with van der Waals surface area (Å²) in [5.74, 6) is 1.16. The second kappa shape index (κ2) is 6.83. The molecule has 1 aliphatic rings. The fraction of sp³-hybridized carbons (Fsp3) is 0.579. The van der Waals surface area contributed by atoms with Crippen LogP contribution in [0.2, 0.25) is 0 Å². The van der Waals surface area contributed by atoms with Gasteiger partial charge in [-0.05, 0) is 60.7 Å². The summed E-state index contributed by atoms with van der Waals surface area (Å²) in [4.78, 5) is 1.63. The molecule has 3 rings (SSSR count). The largest absolute Gasteiger partial charge is 0.508 e. The van der Waals surface area contributed by atoms with Gasteiger partial charge in [-0.3, -0.25) is 0 Å². The normalized spacial score (nSPS) is 17.2. The van der Waals surface area contributed by atoms with Crippen molar-refractivity contribution in [2.24, 2.45) is 0 Å². The summed E-state index contributed by atoms with van der Waals surface area (Å²) >= 11 is 1.94. The van der Waals surface area contributed by atoms with Gasteiger partial charge in [0.15, 0.2) is 0 Å². The van der Waals surface area contributed by atoms with Crippen LogP contribution < -0.4 is 0 Å². The van der Waals surface area contributed by atoms with Crippen LogP contribution in [0.5, 0.6) is 5.75 Å². The van der Waals surface area contributed by atoms with E-state index in [1.807, 2.05) is 23.5 Å². The van der Waals surface area contributed by atoms with E-state index >= 15 is 0 Å². The monoisotopic (exact) mass is 302 g/mol. The van der Waals surface area contributed by atoms with Gasteiger partial charge in [0.25, 0.3) is 0 Å². The lowest BCUT2D eigenvalue weighted by Gasteiger charge is -2.15. The Morgan fingerprint density at radius 1 is 1.14 bits per heavy atom. The molecule has 0 amide bonds. The van der Waals surface area contributed by atoms with Crippen LogP contribution in [0.25, 0.3) is 10.1 Å². The number of hydrogen-bond donors (Lipinski definition) is 1. The smallest absolute Gasteiger partial charge is 0.117 e. The average Bonchev–Trinajstić information content (AvgIpc) is 2.66. The summed E-state index contributed by atoms with van der Waals surface area (Å²) in [5.41, 5.74) is 1.59. The molecule has 2 heteroatoms. The Morgan fingerprint density at radius 2 is 1.90 bits per heavy atom. The second-order valence-electron chi connectivity index (χ2n) is 6.42. The third-order valence-electron chi connectivity index (χ3n) is 4.81. The molecule has 2 aromatic rings. The number of rotatable bonds is 4. The molecule has 1 aromatic heterocycles. The van der Waals surface area contributed by atoms with Crippen LogP contribution in [-0.2, 0) is 6.42 Å². The van der Waals surface area contributed by atoms with E-state index in [9.17, 15) is 5.11 Å². The molecule has 21 heavy (non-hydrogen) atoms. The van der Waals surface area contributed by atoms with Crippen LogP contribution >= 0.6 is 11.3 Å². The summed E-state index contributed by atoms with van der Waals surface area (Å²) in [5, 5.41) is 11.2. The van der Waals surface area contributed by atoms with E-state index in [1.54, 1.807) is 10.4 Å². The highest BCUT2D eigenvalue weighted by Gasteiger charge is 2.21. The van der Waals surface area contributed by atoms with Crippen molar-refractivity contribution in [2.45, 2.75) is 70.6 Å². The first-order chi connectivity index (χ1) is 10.3. The molecule has 0 bridgehead atoms. The number of thiophene rings is 1. The number of phenols is 1. The van der Waals surface area contributed by atoms with Crippen molar-refractivity contribution in [3.05, 3.63) is 28.6 Å². The zero-order chi connectivity index (χ0) is 14.7. The van der Waals surface area contributed by atoms with E-state index in [1.165, 1.54) is 67.9 Å². The first kappa shape index (κ1) is 14.9. The molecule has 0 saturated heterocycles. The maximum atomic E-state index is 9.77. The highest BCUT2D eigenvalue weighted by molar-refractivity contribution is 7.19. The summed E-state index contributed by atoms with van der Waals surface area (Å²) in [6.07, 6.45) is 12.0. The van der Waals surface area contributed by atoms with Crippen molar-refractivity contribution >= 4 is 21.4 Å². The number of phenolic OH excluding ortho intramolecular Hbond substituents is 1. The molecule has 1 saturated carbocycles. The Balaban J connectivity index is 2.01. The quantitative estimate of drug-likeness (QED) is 0.649. The number of hydrogen-bond acceptors (Lipinski definition) is 2.